The van der Waals surface area contributed by atoms with E-state index in [-0.39, 0.29) is 6.10 Å². The second kappa shape index (κ2) is 4.67. The Balaban J connectivity index is 2.49. The van der Waals surface area contributed by atoms with E-state index in [0.29, 0.717) is 18.2 Å². The topological polar surface area (TPSA) is 57.4 Å². The summed E-state index contributed by atoms with van der Waals surface area (Å²) in [5, 5.41) is 0. The number of rotatable bonds is 4. The van der Waals surface area contributed by atoms with E-state index in [2.05, 4.69) is 4.98 Å². The molecule has 1 heterocycles. The Hall–Kier alpha value is -1.29. The predicted octanol–water partition coefficient (Wildman–Crippen LogP) is 1.08. The molecule has 0 saturated carbocycles. The normalized spacial score (nSPS) is 12.5. The van der Waals surface area contributed by atoms with Gasteiger partial charge in [0.25, 0.3) is 0 Å². The second-order valence-electron chi connectivity index (χ2n) is 2.80. The molecule has 1 unspecified atom stereocenters. The first-order chi connectivity index (χ1) is 6.22. The van der Waals surface area contributed by atoms with Crippen LogP contribution in [0.3, 0.4) is 0 Å². The highest BCUT2D eigenvalue weighted by molar-refractivity contribution is 5.32. The predicted molar refractivity (Wildman–Crippen MR) is 50.6 cm³/mol. The van der Waals surface area contributed by atoms with E-state index in [4.69, 9.17) is 15.2 Å². The van der Waals surface area contributed by atoms with Crippen LogP contribution in [0.4, 0.5) is 5.82 Å². The molecular formula is C9H14N2O2. The quantitative estimate of drug-likeness (QED) is 0.757. The van der Waals surface area contributed by atoms with E-state index in [1.54, 1.807) is 25.4 Å². The molecule has 1 aromatic rings. The van der Waals surface area contributed by atoms with Gasteiger partial charge in [-0.15, -0.1) is 0 Å². The molecule has 1 aromatic heterocycles. The highest BCUT2D eigenvalue weighted by Gasteiger charge is 2.02. The van der Waals surface area contributed by atoms with Crippen LogP contribution in [-0.2, 0) is 4.74 Å². The smallest absolute Gasteiger partial charge is 0.138 e. The highest BCUT2D eigenvalue weighted by atomic mass is 16.5. The van der Waals surface area contributed by atoms with Gasteiger partial charge in [-0.25, -0.2) is 4.98 Å². The third kappa shape index (κ3) is 3.29. The minimum absolute atomic E-state index is 0.0235. The molecule has 4 nitrogen and oxygen atoms in total. The Morgan fingerprint density at radius 2 is 2.31 bits per heavy atom. The van der Waals surface area contributed by atoms with Crippen LogP contribution in [0.2, 0.25) is 0 Å². The van der Waals surface area contributed by atoms with Crippen molar-refractivity contribution in [3.8, 4) is 5.75 Å². The van der Waals surface area contributed by atoms with Crippen LogP contribution in [0.5, 0.6) is 5.75 Å². The van der Waals surface area contributed by atoms with Crippen LogP contribution in [-0.4, -0.2) is 24.8 Å². The van der Waals surface area contributed by atoms with Crippen molar-refractivity contribution in [3.63, 3.8) is 0 Å². The van der Waals surface area contributed by atoms with Crippen molar-refractivity contribution in [2.75, 3.05) is 19.5 Å². The van der Waals surface area contributed by atoms with Gasteiger partial charge in [0.15, 0.2) is 0 Å². The number of nitrogens with two attached hydrogens (primary N) is 1. The molecule has 0 radical (unpaired) electrons. The van der Waals surface area contributed by atoms with Crippen molar-refractivity contribution in [1.82, 2.24) is 4.98 Å². The SMILES string of the molecule is COCC(C)Oc1ccc(N)nc1. The number of methoxy groups -OCH3 is 1. The number of ether oxygens (including phenoxy) is 2. The number of pyridine rings is 1. The van der Waals surface area contributed by atoms with Crippen molar-refractivity contribution >= 4 is 5.82 Å². The van der Waals surface area contributed by atoms with Crippen molar-refractivity contribution < 1.29 is 9.47 Å². The maximum absolute atomic E-state index is 5.47. The molecular weight excluding hydrogens is 168 g/mol. The zero-order valence-electron chi connectivity index (χ0n) is 7.86. The lowest BCUT2D eigenvalue weighted by Gasteiger charge is -2.12. The summed E-state index contributed by atoms with van der Waals surface area (Å²) in [6.07, 6.45) is 1.62. The van der Waals surface area contributed by atoms with Gasteiger partial charge in [-0.3, -0.25) is 0 Å². The van der Waals surface area contributed by atoms with E-state index in [9.17, 15) is 0 Å². The maximum atomic E-state index is 5.47. The van der Waals surface area contributed by atoms with Crippen LogP contribution in [0.1, 0.15) is 6.92 Å². The van der Waals surface area contributed by atoms with Crippen molar-refractivity contribution in [1.29, 1.82) is 0 Å². The Kier molecular flexibility index (Phi) is 3.52. The molecule has 1 rings (SSSR count). The fourth-order valence-electron chi connectivity index (χ4n) is 0.962. The fourth-order valence-corrected chi connectivity index (χ4v) is 0.962. The van der Waals surface area contributed by atoms with Crippen LogP contribution >= 0.6 is 0 Å². The molecule has 0 fully saturated rings. The summed E-state index contributed by atoms with van der Waals surface area (Å²) in [5.74, 6) is 1.20. The summed E-state index contributed by atoms with van der Waals surface area (Å²) in [6, 6.07) is 3.49. The first-order valence-electron chi connectivity index (χ1n) is 4.09. The molecule has 0 aliphatic rings. The summed E-state index contributed by atoms with van der Waals surface area (Å²) in [4.78, 5) is 3.90. The lowest BCUT2D eigenvalue weighted by atomic mass is 10.4. The third-order valence-corrected chi connectivity index (χ3v) is 1.50. The highest BCUT2D eigenvalue weighted by Crippen LogP contribution is 2.11. The lowest BCUT2D eigenvalue weighted by molar-refractivity contribution is 0.0918. The van der Waals surface area contributed by atoms with Gasteiger partial charge in [0, 0.05) is 7.11 Å². The van der Waals surface area contributed by atoms with Gasteiger partial charge in [0.2, 0.25) is 0 Å². The Labute approximate surface area is 77.7 Å². The van der Waals surface area contributed by atoms with Gasteiger partial charge in [-0.2, -0.15) is 0 Å². The molecule has 0 bridgehead atoms. The maximum Gasteiger partial charge on any atom is 0.138 e. The van der Waals surface area contributed by atoms with Crippen LogP contribution in [0, 0.1) is 0 Å². The summed E-state index contributed by atoms with van der Waals surface area (Å²) in [7, 11) is 1.64. The molecule has 0 spiro atoms. The first-order valence-corrected chi connectivity index (χ1v) is 4.09. The lowest BCUT2D eigenvalue weighted by Crippen LogP contribution is -2.17. The van der Waals surface area contributed by atoms with Crippen LogP contribution < -0.4 is 10.5 Å². The van der Waals surface area contributed by atoms with Gasteiger partial charge >= 0.3 is 0 Å². The standard InChI is InChI=1S/C9H14N2O2/c1-7(6-12-2)13-8-3-4-9(10)11-5-8/h3-5,7H,6H2,1-2H3,(H2,10,11). The molecule has 13 heavy (non-hydrogen) atoms. The van der Waals surface area contributed by atoms with Gasteiger partial charge in [-0.1, -0.05) is 0 Å². The van der Waals surface area contributed by atoms with E-state index in [1.165, 1.54) is 0 Å². The largest absolute Gasteiger partial charge is 0.487 e. The van der Waals surface area contributed by atoms with Crippen molar-refractivity contribution in [2.24, 2.45) is 0 Å². The van der Waals surface area contributed by atoms with Crippen molar-refractivity contribution in [3.05, 3.63) is 18.3 Å². The second-order valence-corrected chi connectivity index (χ2v) is 2.80. The van der Waals surface area contributed by atoms with Crippen molar-refractivity contribution in [2.45, 2.75) is 13.0 Å². The molecule has 2 N–H and O–H groups in total. The molecule has 4 heteroatoms. The zero-order chi connectivity index (χ0) is 9.68. The van der Waals surface area contributed by atoms with Crippen LogP contribution in [0.15, 0.2) is 18.3 Å². The fraction of sp³-hybridized carbons (Fsp3) is 0.444. The number of nitrogen functional groups attached to an aromatic ring is 1. The molecule has 0 amide bonds. The monoisotopic (exact) mass is 182 g/mol. The minimum atomic E-state index is 0.0235. The third-order valence-electron chi connectivity index (χ3n) is 1.50. The molecule has 0 aliphatic heterocycles. The van der Waals surface area contributed by atoms with Crippen LogP contribution in [0.25, 0.3) is 0 Å². The van der Waals surface area contributed by atoms with E-state index in [0.717, 1.165) is 0 Å². The Morgan fingerprint density at radius 1 is 1.54 bits per heavy atom. The summed E-state index contributed by atoms with van der Waals surface area (Å²) < 4.78 is 10.4. The summed E-state index contributed by atoms with van der Waals surface area (Å²) in [6.45, 7) is 2.49. The van der Waals surface area contributed by atoms with Gasteiger partial charge < -0.3 is 15.2 Å². The molecule has 0 aromatic carbocycles. The Bertz CT molecular complexity index is 248. The Morgan fingerprint density at radius 3 is 2.85 bits per heavy atom. The number of aromatic nitrogens is 1. The van der Waals surface area contributed by atoms with E-state index >= 15 is 0 Å². The number of anilines is 1. The minimum Gasteiger partial charge on any atom is -0.487 e. The zero-order valence-corrected chi connectivity index (χ0v) is 7.86. The number of hydrogen-bond donors (Lipinski definition) is 1. The van der Waals surface area contributed by atoms with E-state index in [1.807, 2.05) is 6.92 Å². The van der Waals surface area contributed by atoms with Gasteiger partial charge in [0.1, 0.15) is 17.7 Å². The molecule has 0 aliphatic carbocycles. The average Bonchev–Trinajstić information content (AvgIpc) is 2.09. The molecule has 1 atom stereocenters. The van der Waals surface area contributed by atoms with E-state index < -0.39 is 0 Å². The molecule has 72 valence electrons. The number of hydrogen-bond acceptors (Lipinski definition) is 4. The first kappa shape index (κ1) is 9.80. The average molecular weight is 182 g/mol. The van der Waals surface area contributed by atoms with Gasteiger partial charge in [-0.05, 0) is 19.1 Å². The summed E-state index contributed by atoms with van der Waals surface area (Å²) in [5.41, 5.74) is 5.42. The summed E-state index contributed by atoms with van der Waals surface area (Å²) >= 11 is 0. The molecule has 0 saturated heterocycles. The van der Waals surface area contributed by atoms with Gasteiger partial charge in [0.05, 0.1) is 12.8 Å². The number of nitrogens with zero attached hydrogens (tertiary/aromatic N) is 1.